The second kappa shape index (κ2) is 3.47. The number of carboxylic acid groups (broad SMARTS) is 1. The van der Waals surface area contributed by atoms with Gasteiger partial charge in [-0.2, -0.15) is 13.2 Å². The molecule has 0 amide bonds. The maximum absolute atomic E-state index is 12.2. The highest BCUT2D eigenvalue weighted by Gasteiger charge is 2.45. The van der Waals surface area contributed by atoms with Crippen molar-refractivity contribution in [3.63, 3.8) is 0 Å². The number of aliphatic carboxylic acids is 1. The van der Waals surface area contributed by atoms with E-state index in [9.17, 15) is 18.0 Å². The first-order valence-corrected chi connectivity index (χ1v) is 4.65. The summed E-state index contributed by atoms with van der Waals surface area (Å²) in [6, 6.07) is 2.18. The standard InChI is InChI=1S/C10H8F3NO2/c11-10(12,13)5-1-2-8(14-4-5)6-3-7(6)9(15)16/h1-2,4,6-7H,3H2,(H,15,16). The lowest BCUT2D eigenvalue weighted by Gasteiger charge is -2.06. The van der Waals surface area contributed by atoms with Gasteiger partial charge in [-0.1, -0.05) is 0 Å². The number of hydrogen-bond donors (Lipinski definition) is 1. The smallest absolute Gasteiger partial charge is 0.417 e. The molecule has 2 rings (SSSR count). The van der Waals surface area contributed by atoms with Gasteiger partial charge in [0.05, 0.1) is 11.5 Å². The van der Waals surface area contributed by atoms with E-state index in [4.69, 9.17) is 5.11 Å². The molecule has 1 aromatic rings. The number of hydrogen-bond acceptors (Lipinski definition) is 2. The minimum absolute atomic E-state index is 0.236. The van der Waals surface area contributed by atoms with E-state index in [0.29, 0.717) is 12.1 Å². The zero-order valence-corrected chi connectivity index (χ0v) is 8.03. The van der Waals surface area contributed by atoms with E-state index in [-0.39, 0.29) is 5.92 Å². The Bertz CT molecular complexity index is 413. The lowest BCUT2D eigenvalue weighted by atomic mass is 10.2. The van der Waals surface area contributed by atoms with Crippen LogP contribution in [0.4, 0.5) is 13.2 Å². The third-order valence-corrected chi connectivity index (χ3v) is 2.60. The van der Waals surface area contributed by atoms with Crippen LogP contribution in [-0.2, 0) is 11.0 Å². The van der Waals surface area contributed by atoms with Crippen LogP contribution in [0.3, 0.4) is 0 Å². The molecule has 1 heterocycles. The molecule has 86 valence electrons. The SMILES string of the molecule is O=C(O)C1CC1c1ccc(C(F)(F)F)cn1. The van der Waals surface area contributed by atoms with E-state index in [1.54, 1.807) is 0 Å². The second-order valence-corrected chi connectivity index (χ2v) is 3.76. The van der Waals surface area contributed by atoms with Crippen LogP contribution in [0, 0.1) is 5.92 Å². The molecule has 1 saturated carbocycles. The van der Waals surface area contributed by atoms with Crippen LogP contribution in [0.5, 0.6) is 0 Å². The molecule has 1 N–H and O–H groups in total. The van der Waals surface area contributed by atoms with Crippen molar-refractivity contribution in [2.24, 2.45) is 5.92 Å². The normalized spacial score (nSPS) is 24.2. The van der Waals surface area contributed by atoms with Crippen molar-refractivity contribution in [1.82, 2.24) is 4.98 Å². The first kappa shape index (κ1) is 10.9. The molecule has 0 spiro atoms. The molecular weight excluding hydrogens is 223 g/mol. The van der Waals surface area contributed by atoms with Crippen molar-refractivity contribution in [3.8, 4) is 0 Å². The van der Waals surface area contributed by atoms with E-state index in [1.807, 2.05) is 0 Å². The number of pyridine rings is 1. The minimum Gasteiger partial charge on any atom is -0.481 e. The molecule has 2 atom stereocenters. The Morgan fingerprint density at radius 2 is 2.12 bits per heavy atom. The van der Waals surface area contributed by atoms with Crippen LogP contribution in [0.25, 0.3) is 0 Å². The maximum atomic E-state index is 12.2. The van der Waals surface area contributed by atoms with Gasteiger partial charge in [-0.3, -0.25) is 9.78 Å². The molecule has 3 nitrogen and oxygen atoms in total. The molecule has 6 heteroatoms. The van der Waals surface area contributed by atoms with Crippen molar-refractivity contribution in [3.05, 3.63) is 29.6 Å². The van der Waals surface area contributed by atoms with Gasteiger partial charge in [-0.15, -0.1) is 0 Å². The highest BCUT2D eigenvalue weighted by molar-refractivity contribution is 5.75. The number of carbonyl (C=O) groups is 1. The fourth-order valence-corrected chi connectivity index (χ4v) is 1.59. The number of halogens is 3. The van der Waals surface area contributed by atoms with E-state index in [0.717, 1.165) is 12.3 Å². The van der Waals surface area contributed by atoms with E-state index < -0.39 is 23.6 Å². The predicted molar refractivity (Wildman–Crippen MR) is 47.7 cm³/mol. The fraction of sp³-hybridized carbons (Fsp3) is 0.400. The Morgan fingerprint density at radius 3 is 2.50 bits per heavy atom. The van der Waals surface area contributed by atoms with Crippen LogP contribution >= 0.6 is 0 Å². The summed E-state index contributed by atoms with van der Waals surface area (Å²) in [5, 5.41) is 8.66. The molecule has 1 aliphatic carbocycles. The van der Waals surface area contributed by atoms with Crippen molar-refractivity contribution in [2.45, 2.75) is 18.5 Å². The highest BCUT2D eigenvalue weighted by atomic mass is 19.4. The molecule has 0 bridgehead atoms. The van der Waals surface area contributed by atoms with Gasteiger partial charge in [0.25, 0.3) is 0 Å². The largest absolute Gasteiger partial charge is 0.481 e. The average molecular weight is 231 g/mol. The Labute approximate surface area is 88.9 Å². The van der Waals surface area contributed by atoms with Crippen LogP contribution in [-0.4, -0.2) is 16.1 Å². The maximum Gasteiger partial charge on any atom is 0.417 e. The van der Waals surface area contributed by atoms with Gasteiger partial charge in [-0.25, -0.2) is 0 Å². The highest BCUT2D eigenvalue weighted by Crippen LogP contribution is 2.46. The molecule has 0 aliphatic heterocycles. The quantitative estimate of drug-likeness (QED) is 0.849. The lowest BCUT2D eigenvalue weighted by molar-refractivity contribution is -0.139. The van der Waals surface area contributed by atoms with Crippen LogP contribution < -0.4 is 0 Å². The second-order valence-electron chi connectivity index (χ2n) is 3.76. The van der Waals surface area contributed by atoms with Gasteiger partial charge >= 0.3 is 12.1 Å². The zero-order chi connectivity index (χ0) is 11.9. The molecule has 0 aromatic carbocycles. The van der Waals surface area contributed by atoms with Gasteiger partial charge in [0.15, 0.2) is 0 Å². The first-order valence-electron chi connectivity index (χ1n) is 4.65. The predicted octanol–water partition coefficient (Wildman–Crippen LogP) is 2.29. The summed E-state index contributed by atoms with van der Waals surface area (Å²) >= 11 is 0. The summed E-state index contributed by atoms with van der Waals surface area (Å²) in [5.74, 6) is -1.66. The molecule has 2 unspecified atom stereocenters. The van der Waals surface area contributed by atoms with E-state index >= 15 is 0 Å². The molecular formula is C10H8F3NO2. The molecule has 1 aliphatic rings. The summed E-state index contributed by atoms with van der Waals surface area (Å²) < 4.78 is 36.6. The summed E-state index contributed by atoms with van der Waals surface area (Å²) in [6.45, 7) is 0. The topological polar surface area (TPSA) is 50.2 Å². The van der Waals surface area contributed by atoms with Crippen LogP contribution in [0.15, 0.2) is 18.3 Å². The monoisotopic (exact) mass is 231 g/mol. The van der Waals surface area contributed by atoms with Crippen molar-refractivity contribution in [1.29, 1.82) is 0 Å². The van der Waals surface area contributed by atoms with Crippen LogP contribution in [0.1, 0.15) is 23.6 Å². The minimum atomic E-state index is -4.40. The summed E-state index contributed by atoms with van der Waals surface area (Å²) in [4.78, 5) is 14.2. The summed E-state index contributed by atoms with van der Waals surface area (Å²) in [7, 11) is 0. The molecule has 16 heavy (non-hydrogen) atoms. The van der Waals surface area contributed by atoms with Gasteiger partial charge in [-0.05, 0) is 18.6 Å². The van der Waals surface area contributed by atoms with Gasteiger partial charge in [0.2, 0.25) is 0 Å². The number of rotatable bonds is 2. The van der Waals surface area contributed by atoms with Crippen LogP contribution in [0.2, 0.25) is 0 Å². The Balaban J connectivity index is 2.13. The lowest BCUT2D eigenvalue weighted by Crippen LogP contribution is -2.06. The van der Waals surface area contributed by atoms with Gasteiger partial charge in [0.1, 0.15) is 0 Å². The third kappa shape index (κ3) is 2.00. The van der Waals surface area contributed by atoms with Gasteiger partial charge in [0, 0.05) is 17.8 Å². The average Bonchev–Trinajstić information content (AvgIpc) is 2.96. The first-order chi connectivity index (χ1) is 7.39. The fourth-order valence-electron chi connectivity index (χ4n) is 1.59. The molecule has 0 radical (unpaired) electrons. The Kier molecular flexibility index (Phi) is 2.36. The van der Waals surface area contributed by atoms with Crippen molar-refractivity contribution in [2.75, 3.05) is 0 Å². The molecule has 1 aromatic heterocycles. The number of carboxylic acids is 1. The number of alkyl halides is 3. The Hall–Kier alpha value is -1.59. The Morgan fingerprint density at radius 1 is 1.44 bits per heavy atom. The van der Waals surface area contributed by atoms with E-state index in [2.05, 4.69) is 4.98 Å². The molecule has 0 saturated heterocycles. The number of aromatic nitrogens is 1. The third-order valence-electron chi connectivity index (χ3n) is 2.60. The van der Waals surface area contributed by atoms with Crippen molar-refractivity contribution < 1.29 is 23.1 Å². The summed E-state index contributed by atoms with van der Waals surface area (Å²) in [6.07, 6.45) is -3.21. The van der Waals surface area contributed by atoms with Crippen molar-refractivity contribution >= 4 is 5.97 Å². The number of nitrogens with zero attached hydrogens (tertiary/aromatic N) is 1. The molecule has 1 fully saturated rings. The summed E-state index contributed by atoms with van der Waals surface area (Å²) in [5.41, 5.74) is -0.399. The zero-order valence-electron chi connectivity index (χ0n) is 8.03. The van der Waals surface area contributed by atoms with E-state index in [1.165, 1.54) is 6.07 Å². The van der Waals surface area contributed by atoms with Gasteiger partial charge < -0.3 is 5.11 Å².